The van der Waals surface area contributed by atoms with E-state index in [4.69, 9.17) is 0 Å². The van der Waals surface area contributed by atoms with E-state index in [1.165, 1.54) is 51.3 Å². The summed E-state index contributed by atoms with van der Waals surface area (Å²) in [5, 5.41) is 11.8. The van der Waals surface area contributed by atoms with Crippen molar-refractivity contribution >= 4 is 90.3 Å². The molecule has 178 valence electrons. The van der Waals surface area contributed by atoms with E-state index in [9.17, 15) is 0 Å². The summed E-state index contributed by atoms with van der Waals surface area (Å²) in [6.07, 6.45) is 0. The second kappa shape index (κ2) is 10.8. The predicted molar refractivity (Wildman–Crippen MR) is 170 cm³/mol. The highest BCUT2D eigenvalue weighted by Crippen LogP contribution is 2.45. The Hall–Kier alpha value is -1.90. The molecule has 6 aromatic rings. The smallest absolute Gasteiger partial charge is 0.0377 e. The summed E-state index contributed by atoms with van der Waals surface area (Å²) in [5.41, 5.74) is 5.57. The largest absolute Gasteiger partial charge is 0.143 e. The van der Waals surface area contributed by atoms with Crippen LogP contribution < -0.4 is 29.1 Å². The van der Waals surface area contributed by atoms with Crippen molar-refractivity contribution in [2.24, 2.45) is 0 Å². The van der Waals surface area contributed by atoms with E-state index in [-0.39, 0.29) is 0 Å². The second-order valence-corrected chi connectivity index (χ2v) is 17.6. The average molecular weight is 575 g/mol. The molecule has 0 fully saturated rings. The Morgan fingerprint density at radius 3 is 1.03 bits per heavy atom. The molecule has 0 N–H and O–H groups in total. The minimum Gasteiger partial charge on any atom is -0.143 e. The molecule has 0 atom stereocenters. The van der Waals surface area contributed by atoms with Crippen LogP contribution in [0.3, 0.4) is 0 Å². The lowest BCUT2D eigenvalue weighted by atomic mass is 9.96. The molecular formula is C30H24P2S4. The fraction of sp³-hybridized carbons (Fsp3) is 0.0667. The molecule has 4 heterocycles. The molecule has 6 heteroatoms. The molecule has 0 aliphatic heterocycles. The molecule has 0 saturated carbocycles. The molecule has 0 saturated heterocycles. The molecule has 0 aliphatic carbocycles. The molecule has 6 rings (SSSR count). The quantitative estimate of drug-likeness (QED) is 0.171. The Balaban J connectivity index is 1.63. The van der Waals surface area contributed by atoms with E-state index in [0.717, 1.165) is 0 Å². The average Bonchev–Trinajstić information content (AvgIpc) is 3.70. The van der Waals surface area contributed by atoms with Crippen LogP contribution in [0.4, 0.5) is 0 Å². The number of thiophene rings is 4. The highest BCUT2D eigenvalue weighted by molar-refractivity contribution is 7.88. The Morgan fingerprint density at radius 2 is 0.750 bits per heavy atom. The number of hydrogen-bond acceptors (Lipinski definition) is 4. The van der Waals surface area contributed by atoms with Gasteiger partial charge in [-0.25, -0.2) is 0 Å². The van der Waals surface area contributed by atoms with Crippen molar-refractivity contribution in [1.82, 2.24) is 0 Å². The van der Waals surface area contributed by atoms with Gasteiger partial charge in [-0.15, -0.1) is 45.3 Å². The number of hydrogen-bond donors (Lipinski definition) is 0. The van der Waals surface area contributed by atoms with Gasteiger partial charge in [0.05, 0.1) is 0 Å². The minimum atomic E-state index is -0.617. The lowest BCUT2D eigenvalue weighted by Gasteiger charge is -2.26. The maximum Gasteiger partial charge on any atom is 0.0377 e. The zero-order valence-corrected chi connectivity index (χ0v) is 25.0. The molecule has 4 aromatic heterocycles. The Morgan fingerprint density at radius 1 is 0.417 bits per heavy atom. The van der Waals surface area contributed by atoms with Gasteiger partial charge in [-0.1, -0.05) is 60.7 Å². The van der Waals surface area contributed by atoms with Crippen LogP contribution in [0.15, 0.2) is 106 Å². The summed E-state index contributed by atoms with van der Waals surface area (Å²) in [6, 6.07) is 32.0. The van der Waals surface area contributed by atoms with Crippen LogP contribution in [-0.4, -0.2) is 0 Å². The summed E-state index contributed by atoms with van der Waals surface area (Å²) < 4.78 is 5.86. The summed E-state index contributed by atoms with van der Waals surface area (Å²) >= 11 is 7.55. The fourth-order valence-electron chi connectivity index (χ4n) is 4.61. The van der Waals surface area contributed by atoms with E-state index in [2.05, 4.69) is 120 Å². The number of rotatable bonds is 7. The van der Waals surface area contributed by atoms with Gasteiger partial charge in [-0.3, -0.25) is 0 Å². The fourth-order valence-corrected chi connectivity index (χ4v) is 15.4. The lowest BCUT2D eigenvalue weighted by Crippen LogP contribution is -2.24. The highest BCUT2D eigenvalue weighted by Gasteiger charge is 2.28. The van der Waals surface area contributed by atoms with E-state index in [0.29, 0.717) is 0 Å². The maximum atomic E-state index is 2.39. The first-order chi connectivity index (χ1) is 17.7. The van der Waals surface area contributed by atoms with Gasteiger partial charge in [0.25, 0.3) is 0 Å². The zero-order valence-electron chi connectivity index (χ0n) is 19.9. The molecule has 36 heavy (non-hydrogen) atoms. The zero-order chi connectivity index (χ0) is 24.5. The van der Waals surface area contributed by atoms with Gasteiger partial charge in [0.2, 0.25) is 0 Å². The number of benzene rings is 2. The van der Waals surface area contributed by atoms with Crippen molar-refractivity contribution in [3.63, 3.8) is 0 Å². The van der Waals surface area contributed by atoms with Crippen LogP contribution in [0.5, 0.6) is 0 Å². The van der Waals surface area contributed by atoms with Crippen molar-refractivity contribution < 1.29 is 0 Å². The van der Waals surface area contributed by atoms with Gasteiger partial charge < -0.3 is 0 Å². The van der Waals surface area contributed by atoms with Crippen molar-refractivity contribution in [2.75, 3.05) is 0 Å². The summed E-state index contributed by atoms with van der Waals surface area (Å²) in [6.45, 7) is 4.59. The van der Waals surface area contributed by atoms with Crippen LogP contribution in [0.25, 0.3) is 11.1 Å². The third-order valence-electron chi connectivity index (χ3n) is 6.14. The first-order valence-corrected chi connectivity index (χ1v) is 17.9. The monoisotopic (exact) mass is 574 g/mol. The van der Waals surface area contributed by atoms with Gasteiger partial charge in [-0.2, -0.15) is 0 Å². The van der Waals surface area contributed by atoms with Crippen LogP contribution in [0.2, 0.25) is 0 Å². The molecule has 0 bridgehead atoms. The van der Waals surface area contributed by atoms with Crippen molar-refractivity contribution in [2.45, 2.75) is 13.8 Å². The summed E-state index contributed by atoms with van der Waals surface area (Å²) in [7, 11) is -1.23. The normalized spacial score (nSPS) is 11.6. The van der Waals surface area contributed by atoms with Gasteiger partial charge >= 0.3 is 0 Å². The van der Waals surface area contributed by atoms with Gasteiger partial charge in [0.1, 0.15) is 0 Å². The molecule has 0 aliphatic rings. The SMILES string of the molecule is Cc1cccc(P(c2cccs2)c2cccs2)c1-c1c(C)cccc1P(c1cccs1)c1cccs1. The first-order valence-electron chi connectivity index (χ1n) is 11.7. The van der Waals surface area contributed by atoms with Crippen molar-refractivity contribution in [3.8, 4) is 11.1 Å². The van der Waals surface area contributed by atoms with Gasteiger partial charge in [0.15, 0.2) is 0 Å². The predicted octanol–water partition coefficient (Wildman–Crippen LogP) is 7.73. The van der Waals surface area contributed by atoms with Crippen LogP contribution >= 0.6 is 61.2 Å². The Labute approximate surface area is 231 Å². The second-order valence-electron chi connectivity index (χ2n) is 8.41. The van der Waals surface area contributed by atoms with Crippen LogP contribution in [0, 0.1) is 13.8 Å². The molecule has 0 nitrogen and oxygen atoms in total. The van der Waals surface area contributed by atoms with Gasteiger partial charge in [-0.05, 0) is 92.5 Å². The standard InChI is InChI=1S/C30H24P2S4/c1-21-9-3-11-23(31(25-13-5-17-33-25)26-14-6-18-34-26)29(21)30-22(2)10-4-12-24(30)32(27-15-7-19-35-27)28-16-8-20-36-28/h3-20H,1-2H3. The third-order valence-corrected chi connectivity index (χ3v) is 16.3. The van der Waals surface area contributed by atoms with E-state index in [1.807, 2.05) is 45.3 Å². The Kier molecular flexibility index (Phi) is 7.36. The van der Waals surface area contributed by atoms with E-state index >= 15 is 0 Å². The van der Waals surface area contributed by atoms with Crippen molar-refractivity contribution in [1.29, 1.82) is 0 Å². The maximum absolute atomic E-state index is 2.39. The summed E-state index contributed by atoms with van der Waals surface area (Å²) in [4.78, 5) is 0. The molecule has 2 aromatic carbocycles. The molecule has 0 radical (unpaired) electrons. The molecule has 0 unspecified atom stereocenters. The third kappa shape index (κ3) is 4.61. The number of aryl methyl sites for hydroxylation is 2. The minimum absolute atomic E-state index is 0.617. The van der Waals surface area contributed by atoms with Crippen molar-refractivity contribution in [3.05, 3.63) is 118 Å². The Bertz CT molecular complexity index is 1360. The van der Waals surface area contributed by atoms with Crippen LogP contribution in [0.1, 0.15) is 11.1 Å². The molecule has 0 spiro atoms. The highest BCUT2D eigenvalue weighted by atomic mass is 32.1. The van der Waals surface area contributed by atoms with E-state index in [1.54, 1.807) is 0 Å². The topological polar surface area (TPSA) is 0 Å². The van der Waals surface area contributed by atoms with Crippen LogP contribution in [-0.2, 0) is 0 Å². The lowest BCUT2D eigenvalue weighted by molar-refractivity contribution is 1.43. The molecular weight excluding hydrogens is 551 g/mol. The van der Waals surface area contributed by atoms with E-state index < -0.39 is 15.8 Å². The summed E-state index contributed by atoms with van der Waals surface area (Å²) in [5.74, 6) is 0. The first kappa shape index (κ1) is 24.4. The van der Waals surface area contributed by atoms with Gasteiger partial charge in [0, 0.05) is 34.3 Å². The molecule has 0 amide bonds.